The van der Waals surface area contributed by atoms with Crippen molar-refractivity contribution in [2.75, 3.05) is 5.75 Å². The molecule has 0 saturated heterocycles. The average Bonchev–Trinajstić information content (AvgIpc) is 2.14. The molecule has 0 heterocycles. The van der Waals surface area contributed by atoms with Crippen LogP contribution >= 0.6 is 0 Å². The second-order valence-electron chi connectivity index (χ2n) is 3.36. The van der Waals surface area contributed by atoms with E-state index < -0.39 is 20.9 Å². The van der Waals surface area contributed by atoms with E-state index in [9.17, 15) is 22.4 Å². The summed E-state index contributed by atoms with van der Waals surface area (Å²) in [6.07, 6.45) is -0.0631. The summed E-state index contributed by atoms with van der Waals surface area (Å²) in [6.45, 7) is 1.68. The highest BCUT2D eigenvalue weighted by Gasteiger charge is 2.12. The van der Waals surface area contributed by atoms with Crippen molar-refractivity contribution in [3.05, 3.63) is 39.4 Å². The van der Waals surface area contributed by atoms with Crippen LogP contribution in [0.25, 0.3) is 0 Å². The van der Waals surface area contributed by atoms with Gasteiger partial charge in [0, 0.05) is 12.1 Å². The van der Waals surface area contributed by atoms with Crippen molar-refractivity contribution in [3.63, 3.8) is 0 Å². The van der Waals surface area contributed by atoms with Crippen molar-refractivity contribution in [2.24, 2.45) is 0 Å². The largest absolute Gasteiger partial charge is 0.302 e. The second-order valence-corrected chi connectivity index (χ2v) is 4.85. The molecule has 0 radical (unpaired) electrons. The summed E-state index contributed by atoms with van der Waals surface area (Å²) in [7, 11) is -4.54. The molecule has 0 amide bonds. The normalized spacial score (nSPS) is 11.4. The van der Waals surface area contributed by atoms with E-state index in [4.69, 9.17) is 0 Å². The summed E-state index contributed by atoms with van der Waals surface area (Å²) in [5.74, 6) is -0.658. The van der Waals surface area contributed by atoms with E-state index in [-0.39, 0.29) is 12.1 Å². The van der Waals surface area contributed by atoms with Crippen molar-refractivity contribution >= 4 is 15.9 Å². The molecule has 0 bridgehead atoms. The average molecular weight is 247 g/mol. The van der Waals surface area contributed by atoms with E-state index in [1.165, 1.54) is 18.2 Å². The van der Waals surface area contributed by atoms with Gasteiger partial charge >= 0.3 is 10.2 Å². The first-order chi connectivity index (χ1) is 7.29. The minimum absolute atomic E-state index is 0.0631. The zero-order chi connectivity index (χ0) is 12.3. The van der Waals surface area contributed by atoms with Crippen molar-refractivity contribution in [1.29, 1.82) is 0 Å². The van der Waals surface area contributed by atoms with Crippen LogP contribution in [-0.2, 0) is 16.6 Å². The van der Waals surface area contributed by atoms with Gasteiger partial charge in [-0.05, 0) is 24.5 Å². The summed E-state index contributed by atoms with van der Waals surface area (Å²) in [4.78, 5) is 9.90. The Labute approximate surface area is 92.3 Å². The molecule has 0 unspecified atom stereocenters. The molecule has 1 aromatic rings. The summed E-state index contributed by atoms with van der Waals surface area (Å²) < 4.78 is 33.0. The van der Waals surface area contributed by atoms with Crippen LogP contribution in [-0.4, -0.2) is 19.1 Å². The number of rotatable bonds is 4. The Morgan fingerprint density at radius 2 is 2.06 bits per heavy atom. The van der Waals surface area contributed by atoms with Gasteiger partial charge in [-0.3, -0.25) is 10.1 Å². The molecule has 0 fully saturated rings. The van der Waals surface area contributed by atoms with Gasteiger partial charge in [0.1, 0.15) is 0 Å². The van der Waals surface area contributed by atoms with E-state index in [0.717, 1.165) is 0 Å². The number of hydrogen-bond donors (Lipinski definition) is 0. The van der Waals surface area contributed by atoms with E-state index in [1.54, 1.807) is 6.92 Å². The molecule has 0 N–H and O–H groups in total. The molecule has 88 valence electrons. The molecular formula is C9H10FNO4S. The number of non-ortho nitro benzene ring substituents is 1. The van der Waals surface area contributed by atoms with Gasteiger partial charge < -0.3 is 0 Å². The standard InChI is InChI=1S/C9H10FNO4S/c1-7-2-3-9(11(12)13)6-8(7)4-5-16(10,14)15/h2-3,6H,4-5H2,1H3. The Balaban J connectivity index is 2.95. The summed E-state index contributed by atoms with van der Waals surface area (Å²) in [6, 6.07) is 4.10. The Morgan fingerprint density at radius 3 is 2.56 bits per heavy atom. The quantitative estimate of drug-likeness (QED) is 0.461. The van der Waals surface area contributed by atoms with E-state index in [0.29, 0.717) is 11.1 Å². The molecule has 7 heteroatoms. The molecule has 0 aromatic heterocycles. The maximum absolute atomic E-state index is 12.3. The molecule has 16 heavy (non-hydrogen) atoms. The molecule has 0 saturated carbocycles. The van der Waals surface area contributed by atoms with Crippen molar-refractivity contribution < 1.29 is 17.2 Å². The van der Waals surface area contributed by atoms with Crippen molar-refractivity contribution in [3.8, 4) is 0 Å². The van der Waals surface area contributed by atoms with Crippen LogP contribution in [0.4, 0.5) is 9.57 Å². The van der Waals surface area contributed by atoms with Crippen LogP contribution in [0.5, 0.6) is 0 Å². The maximum Gasteiger partial charge on any atom is 0.302 e. The first kappa shape index (κ1) is 12.6. The summed E-state index contributed by atoms with van der Waals surface area (Å²) in [5.41, 5.74) is 1.04. The van der Waals surface area contributed by atoms with Gasteiger partial charge in [0.25, 0.3) is 5.69 Å². The topological polar surface area (TPSA) is 77.3 Å². The molecule has 0 aliphatic heterocycles. The van der Waals surface area contributed by atoms with Gasteiger partial charge in [-0.1, -0.05) is 6.07 Å². The fourth-order valence-corrected chi connectivity index (χ4v) is 1.74. The lowest BCUT2D eigenvalue weighted by atomic mass is 10.1. The lowest BCUT2D eigenvalue weighted by molar-refractivity contribution is -0.384. The molecule has 5 nitrogen and oxygen atoms in total. The van der Waals surface area contributed by atoms with Gasteiger partial charge in [0.05, 0.1) is 10.7 Å². The Bertz CT molecular complexity index is 512. The number of nitrogens with zero attached hydrogens (tertiary/aromatic N) is 1. The molecule has 1 aromatic carbocycles. The highest BCUT2D eigenvalue weighted by molar-refractivity contribution is 7.86. The fourth-order valence-electron chi connectivity index (χ4n) is 1.27. The molecule has 0 spiro atoms. The number of halogens is 1. The van der Waals surface area contributed by atoms with Crippen LogP contribution in [0, 0.1) is 17.0 Å². The number of aryl methyl sites for hydroxylation is 2. The van der Waals surface area contributed by atoms with E-state index in [2.05, 4.69) is 0 Å². The zero-order valence-corrected chi connectivity index (χ0v) is 9.33. The smallest absolute Gasteiger partial charge is 0.258 e. The lowest BCUT2D eigenvalue weighted by Gasteiger charge is -2.03. The van der Waals surface area contributed by atoms with Crippen LogP contribution in [0.15, 0.2) is 18.2 Å². The van der Waals surface area contributed by atoms with Crippen LogP contribution in [0.2, 0.25) is 0 Å². The lowest BCUT2D eigenvalue weighted by Crippen LogP contribution is -2.04. The SMILES string of the molecule is Cc1ccc([N+](=O)[O-])cc1CCS(=O)(=O)F. The third kappa shape index (κ3) is 3.58. The Kier molecular flexibility index (Phi) is 3.58. The second kappa shape index (κ2) is 4.56. The van der Waals surface area contributed by atoms with E-state index >= 15 is 0 Å². The first-order valence-corrected chi connectivity index (χ1v) is 6.01. The molecule has 0 aliphatic carbocycles. The summed E-state index contributed by atoms with van der Waals surface area (Å²) in [5, 5.41) is 10.5. The summed E-state index contributed by atoms with van der Waals surface area (Å²) >= 11 is 0. The maximum atomic E-state index is 12.3. The van der Waals surface area contributed by atoms with Gasteiger partial charge in [-0.15, -0.1) is 3.89 Å². The number of benzene rings is 1. The van der Waals surface area contributed by atoms with Gasteiger partial charge in [0.2, 0.25) is 0 Å². The molecule has 1 rings (SSSR count). The van der Waals surface area contributed by atoms with Gasteiger partial charge in [0.15, 0.2) is 0 Å². The third-order valence-electron chi connectivity index (χ3n) is 2.16. The van der Waals surface area contributed by atoms with Crippen LogP contribution < -0.4 is 0 Å². The van der Waals surface area contributed by atoms with Crippen LogP contribution in [0.3, 0.4) is 0 Å². The predicted octanol–water partition coefficient (Wildman–Crippen LogP) is 1.75. The van der Waals surface area contributed by atoms with Gasteiger partial charge in [-0.25, -0.2) is 0 Å². The zero-order valence-electron chi connectivity index (χ0n) is 8.51. The monoisotopic (exact) mass is 247 g/mol. The fraction of sp³-hybridized carbons (Fsp3) is 0.333. The molecular weight excluding hydrogens is 237 g/mol. The number of nitro groups is 1. The van der Waals surface area contributed by atoms with Crippen molar-refractivity contribution in [1.82, 2.24) is 0 Å². The van der Waals surface area contributed by atoms with Crippen molar-refractivity contribution in [2.45, 2.75) is 13.3 Å². The highest BCUT2D eigenvalue weighted by Crippen LogP contribution is 2.18. The van der Waals surface area contributed by atoms with Crippen LogP contribution in [0.1, 0.15) is 11.1 Å². The molecule has 0 atom stereocenters. The number of hydrogen-bond acceptors (Lipinski definition) is 4. The Morgan fingerprint density at radius 1 is 1.44 bits per heavy atom. The predicted molar refractivity (Wildman–Crippen MR) is 56.4 cm³/mol. The Hall–Kier alpha value is -1.50. The number of nitro benzene ring substituents is 1. The minimum atomic E-state index is -4.54. The highest BCUT2D eigenvalue weighted by atomic mass is 32.3. The molecule has 0 aliphatic rings. The van der Waals surface area contributed by atoms with E-state index in [1.807, 2.05) is 0 Å². The first-order valence-electron chi connectivity index (χ1n) is 4.46. The third-order valence-corrected chi connectivity index (χ3v) is 2.85. The van der Waals surface area contributed by atoms with Gasteiger partial charge in [-0.2, -0.15) is 8.42 Å². The minimum Gasteiger partial charge on any atom is -0.258 e.